The molecule has 0 amide bonds. The summed E-state index contributed by atoms with van der Waals surface area (Å²) in [6.07, 6.45) is 34.9. The van der Waals surface area contributed by atoms with Crippen LogP contribution in [0.3, 0.4) is 0 Å². The molecule has 0 N–H and O–H groups in total. The molecule has 4 nitrogen and oxygen atoms in total. The highest BCUT2D eigenvalue weighted by Crippen LogP contribution is 2.21. The van der Waals surface area contributed by atoms with E-state index in [1.54, 1.807) is 0 Å². The lowest BCUT2D eigenvalue weighted by molar-refractivity contribution is -0.149. The largest absolute Gasteiger partial charge is 0.461 e. The maximum absolute atomic E-state index is 12.7. The Kier molecular flexibility index (Phi) is 35.6. The lowest BCUT2D eigenvalue weighted by Gasteiger charge is -2.21. The van der Waals surface area contributed by atoms with Crippen molar-refractivity contribution in [3.8, 4) is 0 Å². The fourth-order valence-electron chi connectivity index (χ4n) is 5.93. The maximum atomic E-state index is 12.7. The third-order valence-corrected chi connectivity index (χ3v) is 10.1. The van der Waals surface area contributed by atoms with Crippen LogP contribution in [-0.2, 0) is 19.1 Å². The molecule has 5 heteroatoms. The topological polar surface area (TPSA) is 52.6 Å². The van der Waals surface area contributed by atoms with Crippen molar-refractivity contribution in [2.24, 2.45) is 0 Å². The third-order valence-electron chi connectivity index (χ3n) is 8.93. The molecule has 0 bridgehead atoms. The van der Waals surface area contributed by atoms with Gasteiger partial charge in [-0.25, -0.2) is 0 Å². The van der Waals surface area contributed by atoms with Crippen molar-refractivity contribution < 1.29 is 19.1 Å². The van der Waals surface area contributed by atoms with Crippen LogP contribution in [0.5, 0.6) is 0 Å². The molecule has 0 aliphatic carbocycles. The molecule has 2 atom stereocenters. The van der Waals surface area contributed by atoms with E-state index >= 15 is 0 Å². The summed E-state index contributed by atoms with van der Waals surface area (Å²) in [7, 11) is 0. The molecule has 0 heterocycles. The Morgan fingerprint density at radius 3 is 0.978 bits per heavy atom. The molecule has 0 fully saturated rings. The van der Waals surface area contributed by atoms with E-state index in [-0.39, 0.29) is 24.1 Å². The summed E-state index contributed by atoms with van der Waals surface area (Å²) >= 11 is 1.82. The van der Waals surface area contributed by atoms with Crippen molar-refractivity contribution in [1.29, 1.82) is 0 Å². The molecule has 268 valence electrons. The Morgan fingerprint density at radius 1 is 0.400 bits per heavy atom. The smallest absolute Gasteiger partial charge is 0.306 e. The van der Waals surface area contributed by atoms with Crippen molar-refractivity contribution in [2.75, 3.05) is 11.5 Å². The highest BCUT2D eigenvalue weighted by Gasteiger charge is 2.19. The van der Waals surface area contributed by atoms with Crippen LogP contribution in [0.4, 0.5) is 0 Å². The molecule has 0 spiro atoms. The number of hydrogen-bond donors (Lipinski definition) is 0. The average Bonchev–Trinajstić information content (AvgIpc) is 3.03. The highest BCUT2D eigenvalue weighted by atomic mass is 32.2. The predicted octanol–water partition coefficient (Wildman–Crippen LogP) is 13.3. The maximum Gasteiger partial charge on any atom is 0.306 e. The number of esters is 2. The number of ether oxygens (including phenoxy) is 2. The molecular formula is C40H78O4S. The summed E-state index contributed by atoms with van der Waals surface area (Å²) in [6, 6.07) is 0. The van der Waals surface area contributed by atoms with E-state index in [9.17, 15) is 9.59 Å². The average molecular weight is 655 g/mol. The second-order valence-electron chi connectivity index (χ2n) is 13.6. The fourth-order valence-corrected chi connectivity index (χ4v) is 7.06. The molecule has 0 aliphatic rings. The van der Waals surface area contributed by atoms with Crippen LogP contribution in [0.15, 0.2) is 0 Å². The van der Waals surface area contributed by atoms with Gasteiger partial charge in [0, 0.05) is 24.3 Å². The summed E-state index contributed by atoms with van der Waals surface area (Å²) in [4.78, 5) is 25.4. The molecule has 0 aromatic carbocycles. The fraction of sp³-hybridized carbons (Fsp3) is 0.950. The molecule has 45 heavy (non-hydrogen) atoms. The van der Waals surface area contributed by atoms with Crippen LogP contribution in [0, 0.1) is 0 Å². The summed E-state index contributed by atoms with van der Waals surface area (Å²) in [5.74, 6) is 1.56. The summed E-state index contributed by atoms with van der Waals surface area (Å²) in [5.41, 5.74) is 0. The van der Waals surface area contributed by atoms with Crippen LogP contribution >= 0.6 is 11.8 Å². The van der Waals surface area contributed by atoms with Gasteiger partial charge in [0.05, 0.1) is 0 Å². The first-order valence-electron chi connectivity index (χ1n) is 20.0. The molecule has 2 unspecified atom stereocenters. The van der Waals surface area contributed by atoms with Gasteiger partial charge in [0.2, 0.25) is 0 Å². The van der Waals surface area contributed by atoms with Crippen LogP contribution < -0.4 is 0 Å². The first-order chi connectivity index (χ1) is 22.1. The first kappa shape index (κ1) is 44.3. The molecule has 0 aromatic rings. The molecule has 0 rings (SSSR count). The Labute approximate surface area is 286 Å². The van der Waals surface area contributed by atoms with E-state index in [4.69, 9.17) is 9.47 Å². The Bertz CT molecular complexity index is 573. The standard InChI is InChI=1S/C40H78O4S/c1-5-9-13-17-19-21-25-27-31-37(43-39(41)33-29-23-15-11-7-3)35-45-36-38(32-28-26-22-20-18-14-10-6-2)44-40(42)34-30-24-16-12-8-4/h37-38H,5-36H2,1-4H3. The van der Waals surface area contributed by atoms with Gasteiger partial charge < -0.3 is 9.47 Å². The first-order valence-corrected chi connectivity index (χ1v) is 21.2. The van der Waals surface area contributed by atoms with E-state index in [0.29, 0.717) is 12.8 Å². The number of unbranched alkanes of at least 4 members (excludes halogenated alkanes) is 22. The highest BCUT2D eigenvalue weighted by molar-refractivity contribution is 7.99. The van der Waals surface area contributed by atoms with Crippen molar-refractivity contribution in [3.05, 3.63) is 0 Å². The summed E-state index contributed by atoms with van der Waals surface area (Å²) < 4.78 is 12.1. The zero-order valence-corrected chi connectivity index (χ0v) is 31.6. The second-order valence-corrected chi connectivity index (χ2v) is 14.7. The number of carbonyl (C=O) groups excluding carboxylic acids is 2. The number of rotatable bonds is 36. The molecule has 0 saturated heterocycles. The van der Waals surface area contributed by atoms with Crippen LogP contribution in [0.1, 0.15) is 220 Å². The monoisotopic (exact) mass is 655 g/mol. The van der Waals surface area contributed by atoms with Gasteiger partial charge in [-0.05, 0) is 38.5 Å². The minimum atomic E-state index is -0.0312. The normalized spacial score (nSPS) is 12.7. The van der Waals surface area contributed by atoms with Crippen LogP contribution in [0.25, 0.3) is 0 Å². The van der Waals surface area contributed by atoms with E-state index < -0.39 is 0 Å². The number of hydrogen-bond acceptors (Lipinski definition) is 5. The Hall–Kier alpha value is -0.710. The Balaban J connectivity index is 4.81. The molecule has 0 radical (unpaired) electrons. The number of carbonyl (C=O) groups is 2. The predicted molar refractivity (Wildman–Crippen MR) is 198 cm³/mol. The quantitative estimate of drug-likeness (QED) is 0.0497. The SMILES string of the molecule is CCCCCCCCCCC(CSCC(CCCCCCCCCC)OC(=O)CCCCCCC)OC(=O)CCCCCCC. The number of thioether (sulfide) groups is 1. The zero-order valence-electron chi connectivity index (χ0n) is 30.8. The summed E-state index contributed by atoms with van der Waals surface area (Å²) in [6.45, 7) is 8.97. The lowest BCUT2D eigenvalue weighted by atomic mass is 10.1. The molecular weight excluding hydrogens is 577 g/mol. The lowest BCUT2D eigenvalue weighted by Crippen LogP contribution is -2.24. The Morgan fingerprint density at radius 2 is 0.667 bits per heavy atom. The molecule has 0 aromatic heterocycles. The van der Waals surface area contributed by atoms with Crippen LogP contribution in [0.2, 0.25) is 0 Å². The van der Waals surface area contributed by atoms with Gasteiger partial charge in [-0.1, -0.05) is 169 Å². The van der Waals surface area contributed by atoms with Crippen molar-refractivity contribution in [2.45, 2.75) is 233 Å². The van der Waals surface area contributed by atoms with Gasteiger partial charge >= 0.3 is 11.9 Å². The summed E-state index contributed by atoms with van der Waals surface area (Å²) in [5, 5.41) is 0. The minimum absolute atomic E-state index is 0.0262. The second kappa shape index (κ2) is 36.1. The van der Waals surface area contributed by atoms with Gasteiger partial charge in [0.25, 0.3) is 0 Å². The van der Waals surface area contributed by atoms with Gasteiger partial charge in [0.1, 0.15) is 12.2 Å². The van der Waals surface area contributed by atoms with Gasteiger partial charge in [-0.3, -0.25) is 9.59 Å². The molecule has 0 aliphatic heterocycles. The van der Waals surface area contributed by atoms with E-state index in [0.717, 1.165) is 62.9 Å². The van der Waals surface area contributed by atoms with E-state index in [1.807, 2.05) is 11.8 Å². The van der Waals surface area contributed by atoms with E-state index in [1.165, 1.54) is 128 Å². The van der Waals surface area contributed by atoms with Gasteiger partial charge in [0.15, 0.2) is 0 Å². The minimum Gasteiger partial charge on any atom is -0.461 e. The van der Waals surface area contributed by atoms with Crippen molar-refractivity contribution in [1.82, 2.24) is 0 Å². The van der Waals surface area contributed by atoms with Gasteiger partial charge in [-0.15, -0.1) is 0 Å². The van der Waals surface area contributed by atoms with Gasteiger partial charge in [-0.2, -0.15) is 11.8 Å². The zero-order chi connectivity index (χ0) is 33.1. The van der Waals surface area contributed by atoms with Crippen molar-refractivity contribution >= 4 is 23.7 Å². The molecule has 0 saturated carbocycles. The van der Waals surface area contributed by atoms with Crippen LogP contribution in [-0.4, -0.2) is 35.7 Å². The van der Waals surface area contributed by atoms with Crippen molar-refractivity contribution in [3.63, 3.8) is 0 Å². The van der Waals surface area contributed by atoms with E-state index in [2.05, 4.69) is 27.7 Å². The third kappa shape index (κ3) is 33.0.